The number of hydrogen-bond donors (Lipinski definition) is 2. The van der Waals surface area contributed by atoms with Gasteiger partial charge in [0.1, 0.15) is 5.00 Å². The first-order valence-electron chi connectivity index (χ1n) is 8.62. The van der Waals surface area contributed by atoms with Crippen molar-refractivity contribution in [2.75, 3.05) is 5.32 Å². The zero-order valence-corrected chi connectivity index (χ0v) is 16.7. The second kappa shape index (κ2) is 7.99. The average molecular weight is 411 g/mol. The van der Waals surface area contributed by atoms with Crippen LogP contribution >= 0.6 is 34.5 Å². The quantitative estimate of drug-likeness (QED) is 0.700. The van der Waals surface area contributed by atoms with Crippen molar-refractivity contribution in [3.63, 3.8) is 0 Å². The van der Waals surface area contributed by atoms with Gasteiger partial charge in [0.2, 0.25) is 0 Å². The van der Waals surface area contributed by atoms with Crippen molar-refractivity contribution in [1.29, 1.82) is 0 Å². The van der Waals surface area contributed by atoms with Crippen molar-refractivity contribution in [3.05, 3.63) is 49.8 Å². The molecular weight excluding hydrogens is 391 g/mol. The van der Waals surface area contributed by atoms with E-state index in [-0.39, 0.29) is 15.6 Å². The Morgan fingerprint density at radius 1 is 1.27 bits per heavy atom. The molecule has 0 unspecified atom stereocenters. The minimum absolute atomic E-state index is 0.196. The summed E-state index contributed by atoms with van der Waals surface area (Å²) in [4.78, 5) is 25.9. The summed E-state index contributed by atoms with van der Waals surface area (Å²) >= 11 is 13.7. The van der Waals surface area contributed by atoms with Gasteiger partial charge in [0.15, 0.2) is 0 Å². The summed E-state index contributed by atoms with van der Waals surface area (Å²) in [6, 6.07) is 4.88. The van der Waals surface area contributed by atoms with E-state index >= 15 is 0 Å². The lowest BCUT2D eigenvalue weighted by molar-refractivity contribution is 0.1000. The molecule has 0 radical (unpaired) electrons. The molecule has 7 heteroatoms. The largest absolute Gasteiger partial charge is 0.365 e. The lowest BCUT2D eigenvalue weighted by Gasteiger charge is -2.21. The van der Waals surface area contributed by atoms with E-state index in [1.807, 2.05) is 0 Å². The van der Waals surface area contributed by atoms with Crippen LogP contribution in [0, 0.1) is 5.92 Å². The van der Waals surface area contributed by atoms with Gasteiger partial charge in [-0.25, -0.2) is 0 Å². The van der Waals surface area contributed by atoms with Crippen molar-refractivity contribution in [2.24, 2.45) is 11.7 Å². The Morgan fingerprint density at radius 2 is 1.96 bits per heavy atom. The first-order valence-corrected chi connectivity index (χ1v) is 10.2. The number of benzene rings is 1. The van der Waals surface area contributed by atoms with Gasteiger partial charge in [0, 0.05) is 4.88 Å². The number of nitrogens with one attached hydrogen (secondary N) is 1. The van der Waals surface area contributed by atoms with Crippen LogP contribution in [0.3, 0.4) is 0 Å². The molecule has 0 saturated heterocycles. The fraction of sp³-hybridized carbons (Fsp3) is 0.368. The molecule has 1 heterocycles. The Labute approximate surface area is 166 Å². The Balaban J connectivity index is 1.93. The van der Waals surface area contributed by atoms with Gasteiger partial charge in [0.25, 0.3) is 11.8 Å². The number of halogens is 2. The van der Waals surface area contributed by atoms with Crippen LogP contribution in [0.25, 0.3) is 0 Å². The smallest absolute Gasteiger partial charge is 0.259 e. The second-order valence-corrected chi connectivity index (χ2v) is 8.44. The third kappa shape index (κ3) is 3.75. The van der Waals surface area contributed by atoms with Crippen molar-refractivity contribution in [1.82, 2.24) is 0 Å². The number of nitrogens with two attached hydrogens (primary N) is 1. The number of rotatable bonds is 5. The molecule has 1 aliphatic rings. The van der Waals surface area contributed by atoms with E-state index in [0.29, 0.717) is 16.5 Å². The van der Waals surface area contributed by atoms with E-state index in [0.717, 1.165) is 36.1 Å². The normalized spacial score (nSPS) is 16.2. The van der Waals surface area contributed by atoms with E-state index < -0.39 is 11.8 Å². The Kier molecular flexibility index (Phi) is 5.90. The highest BCUT2D eigenvalue weighted by Crippen LogP contribution is 2.41. The van der Waals surface area contributed by atoms with E-state index in [9.17, 15) is 9.59 Å². The Hall–Kier alpha value is -1.56. The van der Waals surface area contributed by atoms with Crippen LogP contribution in [0.2, 0.25) is 10.0 Å². The second-order valence-electron chi connectivity index (χ2n) is 6.52. The van der Waals surface area contributed by atoms with Gasteiger partial charge in [-0.05, 0) is 42.9 Å². The van der Waals surface area contributed by atoms with Gasteiger partial charge in [-0.15, -0.1) is 11.3 Å². The summed E-state index contributed by atoms with van der Waals surface area (Å²) in [5.41, 5.74) is 7.22. The SMILES string of the molecule is CCC[C@H]1CCc2c(sc(NC(=O)c3c(Cl)cccc3Cl)c2C(N)=O)C1. The molecule has 2 aromatic rings. The van der Waals surface area contributed by atoms with Crippen LogP contribution in [0.5, 0.6) is 0 Å². The molecule has 1 aromatic heterocycles. The van der Waals surface area contributed by atoms with Crippen LogP contribution in [0.1, 0.15) is 57.3 Å². The number of carbonyl (C=O) groups is 2. The molecule has 1 atom stereocenters. The highest BCUT2D eigenvalue weighted by atomic mass is 35.5. The summed E-state index contributed by atoms with van der Waals surface area (Å²) in [6.07, 6.45) is 5.10. The lowest BCUT2D eigenvalue weighted by atomic mass is 9.84. The van der Waals surface area contributed by atoms with Crippen molar-refractivity contribution in [3.8, 4) is 0 Å². The summed E-state index contributed by atoms with van der Waals surface area (Å²) < 4.78 is 0. The summed E-state index contributed by atoms with van der Waals surface area (Å²) in [5.74, 6) is -0.336. The number of fused-ring (bicyclic) bond motifs is 1. The maximum Gasteiger partial charge on any atom is 0.259 e. The molecule has 0 aliphatic heterocycles. The molecule has 1 aromatic carbocycles. The van der Waals surface area contributed by atoms with Gasteiger partial charge in [0.05, 0.1) is 21.2 Å². The fourth-order valence-electron chi connectivity index (χ4n) is 3.54. The first-order chi connectivity index (χ1) is 12.4. The third-order valence-electron chi connectivity index (χ3n) is 4.73. The fourth-order valence-corrected chi connectivity index (χ4v) is 5.47. The summed E-state index contributed by atoms with van der Waals surface area (Å²) in [5, 5.41) is 3.82. The van der Waals surface area contributed by atoms with Gasteiger partial charge in [-0.3, -0.25) is 9.59 Å². The van der Waals surface area contributed by atoms with E-state index in [2.05, 4.69) is 12.2 Å². The third-order valence-corrected chi connectivity index (χ3v) is 6.53. The van der Waals surface area contributed by atoms with Gasteiger partial charge >= 0.3 is 0 Å². The van der Waals surface area contributed by atoms with Crippen LogP contribution in [0.4, 0.5) is 5.00 Å². The zero-order valence-electron chi connectivity index (χ0n) is 14.4. The van der Waals surface area contributed by atoms with E-state index in [4.69, 9.17) is 28.9 Å². The number of hydrogen-bond acceptors (Lipinski definition) is 3. The standard InChI is InChI=1S/C19H20Cl2N2O2S/c1-2-4-10-7-8-11-14(9-10)26-19(15(11)17(22)24)23-18(25)16-12(20)5-3-6-13(16)21/h3,5-6,10H,2,4,7-9H2,1H3,(H2,22,24)(H,23,25)/t10-/m0/s1. The monoisotopic (exact) mass is 410 g/mol. The topological polar surface area (TPSA) is 72.2 Å². The van der Waals surface area contributed by atoms with Crippen LogP contribution in [-0.2, 0) is 12.8 Å². The molecule has 26 heavy (non-hydrogen) atoms. The average Bonchev–Trinajstić information content (AvgIpc) is 2.92. The summed E-state index contributed by atoms with van der Waals surface area (Å²) in [7, 11) is 0. The van der Waals surface area contributed by atoms with Crippen LogP contribution < -0.4 is 11.1 Å². The molecule has 3 rings (SSSR count). The van der Waals surface area contributed by atoms with Gasteiger partial charge in [-0.2, -0.15) is 0 Å². The number of anilines is 1. The van der Waals surface area contributed by atoms with Gasteiger partial charge < -0.3 is 11.1 Å². The molecule has 2 amide bonds. The highest BCUT2D eigenvalue weighted by molar-refractivity contribution is 7.17. The number of carbonyl (C=O) groups excluding carboxylic acids is 2. The number of primary amides is 1. The molecule has 0 saturated carbocycles. The van der Waals surface area contributed by atoms with Gasteiger partial charge in [-0.1, -0.05) is 49.0 Å². The molecule has 0 spiro atoms. The molecular formula is C19H20Cl2N2O2S. The predicted molar refractivity (Wildman–Crippen MR) is 108 cm³/mol. The molecule has 3 N–H and O–H groups in total. The maximum absolute atomic E-state index is 12.7. The minimum Gasteiger partial charge on any atom is -0.365 e. The first kappa shape index (κ1) is 19.2. The maximum atomic E-state index is 12.7. The highest BCUT2D eigenvalue weighted by Gasteiger charge is 2.29. The number of amides is 2. The van der Waals surface area contributed by atoms with E-state index in [1.165, 1.54) is 17.8 Å². The molecule has 4 nitrogen and oxygen atoms in total. The van der Waals surface area contributed by atoms with Crippen molar-refractivity contribution < 1.29 is 9.59 Å². The zero-order chi connectivity index (χ0) is 18.8. The Bertz CT molecular complexity index is 843. The molecule has 0 fully saturated rings. The van der Waals surface area contributed by atoms with Crippen LogP contribution in [-0.4, -0.2) is 11.8 Å². The molecule has 1 aliphatic carbocycles. The number of thiophene rings is 1. The van der Waals surface area contributed by atoms with Crippen molar-refractivity contribution >= 4 is 51.4 Å². The molecule has 0 bridgehead atoms. The predicted octanol–water partition coefficient (Wildman–Crippen LogP) is 5.31. The summed E-state index contributed by atoms with van der Waals surface area (Å²) in [6.45, 7) is 2.18. The lowest BCUT2D eigenvalue weighted by Crippen LogP contribution is -2.20. The Morgan fingerprint density at radius 3 is 2.58 bits per heavy atom. The minimum atomic E-state index is -0.517. The van der Waals surface area contributed by atoms with Crippen molar-refractivity contribution in [2.45, 2.75) is 39.0 Å². The van der Waals surface area contributed by atoms with Crippen LogP contribution in [0.15, 0.2) is 18.2 Å². The van der Waals surface area contributed by atoms with E-state index in [1.54, 1.807) is 18.2 Å². The molecule has 138 valence electrons.